The fourth-order valence-corrected chi connectivity index (χ4v) is 3.90. The Morgan fingerprint density at radius 1 is 1.07 bits per heavy atom. The van der Waals surface area contributed by atoms with Crippen LogP contribution in [0.5, 0.6) is 0 Å². The Morgan fingerprint density at radius 3 is 2.37 bits per heavy atom. The Morgan fingerprint density at radius 2 is 1.73 bits per heavy atom. The SMILES string of the molecule is CCOC(=O)C1=C(CN2CCC(C(=O)OCC)CC2)NC(=O)N[C@H]1c1ccccc1. The van der Waals surface area contributed by atoms with Gasteiger partial charge in [0.2, 0.25) is 0 Å². The van der Waals surface area contributed by atoms with Gasteiger partial charge in [0.05, 0.1) is 30.7 Å². The molecular weight excluding hydrogens is 386 g/mol. The minimum Gasteiger partial charge on any atom is -0.466 e. The summed E-state index contributed by atoms with van der Waals surface area (Å²) in [6, 6.07) is 8.43. The van der Waals surface area contributed by atoms with E-state index >= 15 is 0 Å². The van der Waals surface area contributed by atoms with Crippen molar-refractivity contribution in [3.63, 3.8) is 0 Å². The molecule has 0 unspecified atom stereocenters. The van der Waals surface area contributed by atoms with Crippen molar-refractivity contribution in [3.05, 3.63) is 47.2 Å². The van der Waals surface area contributed by atoms with E-state index in [9.17, 15) is 14.4 Å². The maximum absolute atomic E-state index is 12.8. The largest absolute Gasteiger partial charge is 0.466 e. The Hall–Kier alpha value is -2.87. The minimum absolute atomic E-state index is 0.0978. The van der Waals surface area contributed by atoms with Gasteiger partial charge in [-0.1, -0.05) is 30.3 Å². The van der Waals surface area contributed by atoms with Crippen molar-refractivity contribution >= 4 is 18.0 Å². The monoisotopic (exact) mass is 415 g/mol. The molecule has 0 radical (unpaired) electrons. The third-order valence-electron chi connectivity index (χ3n) is 5.37. The molecule has 8 heteroatoms. The molecule has 1 atom stereocenters. The normalized spacial score (nSPS) is 20.3. The summed E-state index contributed by atoms with van der Waals surface area (Å²) in [7, 11) is 0. The van der Waals surface area contributed by atoms with E-state index in [1.165, 1.54) is 0 Å². The van der Waals surface area contributed by atoms with Crippen LogP contribution in [-0.2, 0) is 19.1 Å². The number of carbonyl (C=O) groups excluding carboxylic acids is 3. The van der Waals surface area contributed by atoms with Gasteiger partial charge in [-0.2, -0.15) is 0 Å². The number of nitrogens with one attached hydrogen (secondary N) is 2. The van der Waals surface area contributed by atoms with Gasteiger partial charge in [0.25, 0.3) is 0 Å². The van der Waals surface area contributed by atoms with Crippen molar-refractivity contribution < 1.29 is 23.9 Å². The van der Waals surface area contributed by atoms with E-state index in [-0.39, 0.29) is 24.5 Å². The molecular formula is C22H29N3O5. The van der Waals surface area contributed by atoms with Crippen LogP contribution in [0.2, 0.25) is 0 Å². The number of ether oxygens (including phenoxy) is 2. The van der Waals surface area contributed by atoms with Gasteiger partial charge in [0.1, 0.15) is 0 Å². The summed E-state index contributed by atoms with van der Waals surface area (Å²) >= 11 is 0. The molecule has 162 valence electrons. The number of amides is 2. The Labute approximate surface area is 176 Å². The van der Waals surface area contributed by atoms with Crippen LogP contribution in [0.1, 0.15) is 38.3 Å². The topological polar surface area (TPSA) is 97.0 Å². The van der Waals surface area contributed by atoms with Crippen LogP contribution in [0.25, 0.3) is 0 Å². The zero-order valence-electron chi connectivity index (χ0n) is 17.5. The molecule has 1 saturated heterocycles. The molecule has 2 aliphatic heterocycles. The fourth-order valence-electron chi connectivity index (χ4n) is 3.90. The molecule has 30 heavy (non-hydrogen) atoms. The maximum Gasteiger partial charge on any atom is 0.338 e. The molecule has 0 saturated carbocycles. The summed E-state index contributed by atoms with van der Waals surface area (Å²) < 4.78 is 10.4. The molecule has 8 nitrogen and oxygen atoms in total. The molecule has 2 heterocycles. The average molecular weight is 415 g/mol. The van der Waals surface area contributed by atoms with Gasteiger partial charge in [-0.25, -0.2) is 9.59 Å². The van der Waals surface area contributed by atoms with Crippen molar-refractivity contribution in [1.29, 1.82) is 0 Å². The number of urea groups is 1. The Bertz CT molecular complexity index is 800. The third-order valence-corrected chi connectivity index (χ3v) is 5.37. The zero-order chi connectivity index (χ0) is 21.5. The molecule has 0 aromatic heterocycles. The van der Waals surface area contributed by atoms with E-state index < -0.39 is 12.0 Å². The van der Waals surface area contributed by atoms with E-state index in [1.807, 2.05) is 30.3 Å². The lowest BCUT2D eigenvalue weighted by Crippen LogP contribution is -2.49. The van der Waals surface area contributed by atoms with Gasteiger partial charge in [-0.05, 0) is 45.3 Å². The lowest BCUT2D eigenvalue weighted by Gasteiger charge is -2.35. The van der Waals surface area contributed by atoms with Crippen molar-refractivity contribution in [2.24, 2.45) is 5.92 Å². The zero-order valence-corrected chi connectivity index (χ0v) is 17.5. The van der Waals surface area contributed by atoms with Crippen LogP contribution < -0.4 is 10.6 Å². The lowest BCUT2D eigenvalue weighted by atomic mass is 9.93. The quantitative estimate of drug-likeness (QED) is 0.663. The number of benzene rings is 1. The summed E-state index contributed by atoms with van der Waals surface area (Å²) in [6.45, 7) is 5.96. The van der Waals surface area contributed by atoms with Gasteiger partial charge in [0, 0.05) is 12.2 Å². The first-order valence-electron chi connectivity index (χ1n) is 10.4. The number of likely N-dealkylation sites (tertiary alicyclic amines) is 1. The first-order chi connectivity index (χ1) is 14.5. The molecule has 2 amide bonds. The van der Waals surface area contributed by atoms with Gasteiger partial charge < -0.3 is 20.1 Å². The molecule has 0 spiro atoms. The number of esters is 2. The van der Waals surface area contributed by atoms with Crippen molar-refractivity contribution in [2.75, 3.05) is 32.8 Å². The van der Waals surface area contributed by atoms with E-state index in [1.54, 1.807) is 13.8 Å². The summed E-state index contributed by atoms with van der Waals surface area (Å²) in [6.07, 6.45) is 1.38. The minimum atomic E-state index is -0.578. The van der Waals surface area contributed by atoms with E-state index in [0.29, 0.717) is 50.4 Å². The highest BCUT2D eigenvalue weighted by molar-refractivity contribution is 5.95. The second-order valence-corrected chi connectivity index (χ2v) is 7.36. The second-order valence-electron chi connectivity index (χ2n) is 7.36. The summed E-state index contributed by atoms with van der Waals surface area (Å²) in [5.41, 5.74) is 1.77. The van der Waals surface area contributed by atoms with Gasteiger partial charge in [-0.15, -0.1) is 0 Å². The van der Waals surface area contributed by atoms with Crippen LogP contribution in [0, 0.1) is 5.92 Å². The van der Waals surface area contributed by atoms with Crippen molar-refractivity contribution in [1.82, 2.24) is 15.5 Å². The number of carbonyl (C=O) groups is 3. The van der Waals surface area contributed by atoms with Gasteiger partial charge in [-0.3, -0.25) is 9.69 Å². The van der Waals surface area contributed by atoms with Gasteiger partial charge >= 0.3 is 18.0 Å². The third kappa shape index (κ3) is 5.18. The lowest BCUT2D eigenvalue weighted by molar-refractivity contribution is -0.149. The van der Waals surface area contributed by atoms with Crippen molar-refractivity contribution in [3.8, 4) is 0 Å². The van der Waals surface area contributed by atoms with E-state index in [2.05, 4.69) is 15.5 Å². The highest BCUT2D eigenvalue weighted by Crippen LogP contribution is 2.29. The smallest absolute Gasteiger partial charge is 0.338 e. The number of hydrogen-bond acceptors (Lipinski definition) is 6. The number of hydrogen-bond donors (Lipinski definition) is 2. The molecule has 0 aliphatic carbocycles. The molecule has 3 rings (SSSR count). The highest BCUT2D eigenvalue weighted by atomic mass is 16.5. The second kappa shape index (κ2) is 10.2. The molecule has 1 aromatic rings. The van der Waals surface area contributed by atoms with Crippen molar-refractivity contribution in [2.45, 2.75) is 32.7 Å². The van der Waals surface area contributed by atoms with Crippen LogP contribution in [0.15, 0.2) is 41.6 Å². The van der Waals surface area contributed by atoms with Crippen LogP contribution >= 0.6 is 0 Å². The number of rotatable bonds is 7. The predicted octanol–water partition coefficient (Wildman–Crippen LogP) is 2.13. The molecule has 0 bridgehead atoms. The average Bonchev–Trinajstić information content (AvgIpc) is 2.75. The Balaban J connectivity index is 1.81. The summed E-state index contributed by atoms with van der Waals surface area (Å²) in [4.78, 5) is 39.3. The standard InChI is InChI=1S/C22H29N3O5/c1-3-29-20(26)16-10-12-25(13-11-16)14-17-18(21(27)30-4-2)19(24-22(28)23-17)15-8-6-5-7-9-15/h5-9,16,19H,3-4,10-14H2,1-2H3,(H2,23,24,28)/t19-/m0/s1. The van der Waals surface area contributed by atoms with Crippen LogP contribution in [-0.4, -0.2) is 55.7 Å². The summed E-state index contributed by atoms with van der Waals surface area (Å²) in [5, 5.41) is 5.64. The fraction of sp³-hybridized carbons (Fsp3) is 0.500. The first kappa shape index (κ1) is 21.8. The predicted molar refractivity (Wildman–Crippen MR) is 110 cm³/mol. The van der Waals surface area contributed by atoms with E-state index in [0.717, 1.165) is 5.56 Å². The number of nitrogens with zero attached hydrogens (tertiary/aromatic N) is 1. The van der Waals surface area contributed by atoms with E-state index in [4.69, 9.17) is 9.47 Å². The molecule has 1 fully saturated rings. The molecule has 1 aromatic carbocycles. The maximum atomic E-state index is 12.8. The van der Waals surface area contributed by atoms with Gasteiger partial charge in [0.15, 0.2) is 0 Å². The van der Waals surface area contributed by atoms with Crippen LogP contribution in [0.3, 0.4) is 0 Å². The first-order valence-corrected chi connectivity index (χ1v) is 10.4. The molecule has 2 aliphatic rings. The van der Waals surface area contributed by atoms with Crippen LogP contribution in [0.4, 0.5) is 4.79 Å². The highest BCUT2D eigenvalue weighted by Gasteiger charge is 2.35. The number of piperidine rings is 1. The summed E-state index contributed by atoms with van der Waals surface area (Å²) in [5.74, 6) is -0.697. The Kier molecular flexibility index (Phi) is 7.46. The molecule has 2 N–H and O–H groups in total.